The maximum absolute atomic E-state index is 11.8. The van der Waals surface area contributed by atoms with Crippen LogP contribution in [0.4, 0.5) is 0 Å². The molecule has 20 heavy (non-hydrogen) atoms. The van der Waals surface area contributed by atoms with Gasteiger partial charge in [0.25, 0.3) is 5.56 Å². The minimum atomic E-state index is -0.426. The molecule has 1 unspecified atom stereocenters. The first-order valence-corrected chi connectivity index (χ1v) is 7.13. The van der Waals surface area contributed by atoms with Crippen molar-refractivity contribution in [2.24, 2.45) is 0 Å². The van der Waals surface area contributed by atoms with Crippen LogP contribution in [0.2, 0.25) is 0 Å². The highest BCUT2D eigenvalue weighted by Crippen LogP contribution is 2.27. The Labute approximate surface area is 123 Å². The summed E-state index contributed by atoms with van der Waals surface area (Å²) in [6, 6.07) is 8.07. The maximum Gasteiger partial charge on any atom is 0.328 e. The largest absolute Gasteiger partial charge is 0.371 e. The summed E-state index contributed by atoms with van der Waals surface area (Å²) >= 11 is 3.13. The van der Waals surface area contributed by atoms with E-state index in [0.717, 1.165) is 12.0 Å². The molecule has 0 bridgehead atoms. The summed E-state index contributed by atoms with van der Waals surface area (Å²) in [5, 5.41) is 0. The first-order valence-electron chi connectivity index (χ1n) is 6.34. The number of aromatic nitrogens is 2. The Bertz CT molecular complexity index is 751. The SMILES string of the molecule is O=c1[nH]c(=O)n(CC2OCCc3ccccc32)cc1Br. The van der Waals surface area contributed by atoms with E-state index in [2.05, 4.69) is 27.0 Å². The first kappa shape index (κ1) is 13.3. The molecule has 0 aliphatic carbocycles. The van der Waals surface area contributed by atoms with Gasteiger partial charge in [-0.15, -0.1) is 0 Å². The fourth-order valence-corrected chi connectivity index (χ4v) is 2.77. The fourth-order valence-electron chi connectivity index (χ4n) is 2.42. The molecule has 2 heterocycles. The van der Waals surface area contributed by atoms with Crippen molar-refractivity contribution in [1.29, 1.82) is 0 Å². The molecule has 0 amide bonds. The number of nitrogens with one attached hydrogen (secondary N) is 1. The highest BCUT2D eigenvalue weighted by Gasteiger charge is 2.21. The fraction of sp³-hybridized carbons (Fsp3) is 0.286. The predicted octanol–water partition coefficient (Wildman–Crippen LogP) is 1.61. The number of hydrogen-bond donors (Lipinski definition) is 1. The number of ether oxygens (including phenoxy) is 1. The number of H-pyrrole nitrogens is 1. The van der Waals surface area contributed by atoms with Crippen LogP contribution in [0, 0.1) is 0 Å². The average Bonchev–Trinajstić information content (AvgIpc) is 2.45. The molecule has 6 heteroatoms. The van der Waals surface area contributed by atoms with E-state index in [1.165, 1.54) is 16.3 Å². The van der Waals surface area contributed by atoms with Gasteiger partial charge in [0, 0.05) is 6.20 Å². The monoisotopic (exact) mass is 336 g/mol. The van der Waals surface area contributed by atoms with Crippen LogP contribution >= 0.6 is 15.9 Å². The molecule has 2 aromatic rings. The molecule has 1 aliphatic rings. The van der Waals surface area contributed by atoms with Crippen molar-refractivity contribution in [1.82, 2.24) is 9.55 Å². The number of rotatable bonds is 2. The van der Waals surface area contributed by atoms with Crippen LogP contribution in [-0.2, 0) is 17.7 Å². The standard InChI is InChI=1S/C14H13BrN2O3/c15-11-7-17(14(19)16-13(11)18)8-12-10-4-2-1-3-9(10)5-6-20-12/h1-4,7,12H,5-6,8H2,(H,16,18,19). The summed E-state index contributed by atoms with van der Waals surface area (Å²) in [4.78, 5) is 25.4. The van der Waals surface area contributed by atoms with E-state index < -0.39 is 11.2 Å². The van der Waals surface area contributed by atoms with Crippen molar-refractivity contribution in [3.8, 4) is 0 Å². The maximum atomic E-state index is 11.8. The molecule has 1 aliphatic heterocycles. The lowest BCUT2D eigenvalue weighted by molar-refractivity contribution is 0.0296. The van der Waals surface area contributed by atoms with Gasteiger partial charge in [-0.3, -0.25) is 14.3 Å². The zero-order valence-corrected chi connectivity index (χ0v) is 12.2. The van der Waals surface area contributed by atoms with Crippen LogP contribution in [0.1, 0.15) is 17.2 Å². The summed E-state index contributed by atoms with van der Waals surface area (Å²) < 4.78 is 7.56. The van der Waals surface area contributed by atoms with E-state index >= 15 is 0 Å². The minimum Gasteiger partial charge on any atom is -0.371 e. The third-order valence-electron chi connectivity index (χ3n) is 3.42. The van der Waals surface area contributed by atoms with Crippen molar-refractivity contribution < 1.29 is 4.74 Å². The van der Waals surface area contributed by atoms with E-state index in [0.29, 0.717) is 17.6 Å². The van der Waals surface area contributed by atoms with Gasteiger partial charge in [0.05, 0.1) is 17.6 Å². The van der Waals surface area contributed by atoms with Crippen molar-refractivity contribution >= 4 is 15.9 Å². The number of halogens is 1. The summed E-state index contributed by atoms with van der Waals surface area (Å²) in [7, 11) is 0. The van der Waals surface area contributed by atoms with Crippen molar-refractivity contribution in [3.05, 3.63) is 66.9 Å². The third-order valence-corrected chi connectivity index (χ3v) is 3.99. The molecular formula is C14H13BrN2O3. The molecular weight excluding hydrogens is 324 g/mol. The van der Waals surface area contributed by atoms with Crippen LogP contribution in [-0.4, -0.2) is 16.2 Å². The highest BCUT2D eigenvalue weighted by atomic mass is 79.9. The van der Waals surface area contributed by atoms with Crippen molar-refractivity contribution in [2.75, 3.05) is 6.61 Å². The zero-order valence-electron chi connectivity index (χ0n) is 10.6. The third kappa shape index (κ3) is 2.48. The second-order valence-corrected chi connectivity index (χ2v) is 5.55. The molecule has 3 rings (SSSR count). The van der Waals surface area contributed by atoms with Gasteiger partial charge in [0.15, 0.2) is 0 Å². The molecule has 1 N–H and O–H groups in total. The summed E-state index contributed by atoms with van der Waals surface area (Å²) in [5.74, 6) is 0. The van der Waals surface area contributed by atoms with E-state index in [9.17, 15) is 9.59 Å². The van der Waals surface area contributed by atoms with Gasteiger partial charge < -0.3 is 4.74 Å². The molecule has 0 radical (unpaired) electrons. The Morgan fingerprint density at radius 3 is 3.00 bits per heavy atom. The molecule has 1 aromatic heterocycles. The van der Waals surface area contributed by atoms with Crippen molar-refractivity contribution in [2.45, 2.75) is 19.1 Å². The lowest BCUT2D eigenvalue weighted by Gasteiger charge is -2.26. The van der Waals surface area contributed by atoms with Gasteiger partial charge in [-0.2, -0.15) is 0 Å². The topological polar surface area (TPSA) is 64.1 Å². The smallest absolute Gasteiger partial charge is 0.328 e. The molecule has 5 nitrogen and oxygen atoms in total. The Morgan fingerprint density at radius 2 is 2.15 bits per heavy atom. The number of aromatic amines is 1. The molecule has 0 saturated heterocycles. The Morgan fingerprint density at radius 1 is 1.35 bits per heavy atom. The van der Waals surface area contributed by atoms with E-state index in [1.807, 2.05) is 18.2 Å². The zero-order chi connectivity index (χ0) is 14.1. The molecule has 0 saturated carbocycles. The van der Waals surface area contributed by atoms with E-state index in [1.54, 1.807) is 0 Å². The minimum absolute atomic E-state index is 0.171. The normalized spacial score (nSPS) is 17.8. The van der Waals surface area contributed by atoms with Crippen LogP contribution in [0.3, 0.4) is 0 Å². The van der Waals surface area contributed by atoms with Crippen LogP contribution < -0.4 is 11.2 Å². The van der Waals surface area contributed by atoms with Gasteiger partial charge in [0.2, 0.25) is 0 Å². The summed E-state index contributed by atoms with van der Waals surface area (Å²) in [6.45, 7) is 1.02. The average molecular weight is 337 g/mol. The lowest BCUT2D eigenvalue weighted by Crippen LogP contribution is -2.32. The number of fused-ring (bicyclic) bond motifs is 1. The van der Waals surface area contributed by atoms with E-state index in [-0.39, 0.29) is 6.10 Å². The number of benzene rings is 1. The summed E-state index contributed by atoms with van der Waals surface area (Å²) in [6.07, 6.45) is 2.22. The van der Waals surface area contributed by atoms with E-state index in [4.69, 9.17) is 4.74 Å². The van der Waals surface area contributed by atoms with Crippen LogP contribution in [0.5, 0.6) is 0 Å². The van der Waals surface area contributed by atoms with Gasteiger partial charge in [-0.05, 0) is 33.5 Å². The molecule has 0 fully saturated rings. The molecule has 1 atom stereocenters. The van der Waals surface area contributed by atoms with Crippen LogP contribution in [0.25, 0.3) is 0 Å². The van der Waals surface area contributed by atoms with Gasteiger partial charge in [0.1, 0.15) is 6.10 Å². The van der Waals surface area contributed by atoms with Gasteiger partial charge in [-0.25, -0.2) is 4.79 Å². The van der Waals surface area contributed by atoms with Gasteiger partial charge in [-0.1, -0.05) is 24.3 Å². The highest BCUT2D eigenvalue weighted by molar-refractivity contribution is 9.10. The Hall–Kier alpha value is -1.66. The second-order valence-electron chi connectivity index (χ2n) is 4.70. The van der Waals surface area contributed by atoms with Gasteiger partial charge >= 0.3 is 5.69 Å². The molecule has 1 aromatic carbocycles. The Kier molecular flexibility index (Phi) is 3.58. The quantitative estimate of drug-likeness (QED) is 0.906. The lowest BCUT2D eigenvalue weighted by atomic mass is 9.97. The van der Waals surface area contributed by atoms with Crippen molar-refractivity contribution in [3.63, 3.8) is 0 Å². The number of nitrogens with zero attached hydrogens (tertiary/aromatic N) is 1. The molecule has 0 spiro atoms. The summed E-state index contributed by atoms with van der Waals surface area (Å²) in [5.41, 5.74) is 1.51. The first-order chi connectivity index (χ1) is 9.65. The van der Waals surface area contributed by atoms with Crippen LogP contribution in [0.15, 0.2) is 44.5 Å². The predicted molar refractivity (Wildman–Crippen MR) is 77.9 cm³/mol. The number of hydrogen-bond acceptors (Lipinski definition) is 3. The Balaban J connectivity index is 1.95. The second kappa shape index (κ2) is 5.38. The molecule has 104 valence electrons.